The molecule has 0 unspecified atom stereocenters. The number of hydrogen-bond acceptors (Lipinski definition) is 3. The van der Waals surface area contributed by atoms with Crippen molar-refractivity contribution in [2.24, 2.45) is 0 Å². The summed E-state index contributed by atoms with van der Waals surface area (Å²) in [4.78, 5) is 15.4. The second-order valence-corrected chi connectivity index (χ2v) is 11.6. The van der Waals surface area contributed by atoms with Crippen molar-refractivity contribution >= 4 is 33.1 Å². The van der Waals surface area contributed by atoms with Gasteiger partial charge in [-0.25, -0.2) is 22.5 Å². The number of hydrogen-bond donors (Lipinski definition) is 1. The summed E-state index contributed by atoms with van der Waals surface area (Å²) in [5, 5.41) is 11.6. The van der Waals surface area contributed by atoms with Gasteiger partial charge in [-0.2, -0.15) is 0 Å². The highest BCUT2D eigenvalue weighted by molar-refractivity contribution is 7.21. The van der Waals surface area contributed by atoms with Crippen molar-refractivity contribution in [3.8, 4) is 21.6 Å². The molecule has 39 heavy (non-hydrogen) atoms. The first-order valence-electron chi connectivity index (χ1n) is 13.6. The fourth-order valence-electron chi connectivity index (χ4n) is 6.05. The maximum absolute atomic E-state index is 15.9. The average Bonchev–Trinajstić information content (AvgIpc) is 2.97. The Labute approximate surface area is 229 Å². The molecule has 1 aliphatic carbocycles. The molecule has 202 valence electrons. The van der Waals surface area contributed by atoms with Gasteiger partial charge in [0.05, 0.1) is 0 Å². The Kier molecular flexibility index (Phi) is 6.83. The second-order valence-electron chi connectivity index (χ2n) is 10.6. The van der Waals surface area contributed by atoms with Gasteiger partial charge in [0.15, 0.2) is 11.6 Å². The number of carbonyl (C=O) groups is 1. The monoisotopic (exact) mass is 551 g/mol. The number of halogens is 3. The average molecular weight is 552 g/mol. The molecule has 2 aromatic rings. The molecule has 2 saturated heterocycles. The van der Waals surface area contributed by atoms with E-state index in [1.807, 2.05) is 24.3 Å². The fraction of sp³-hybridized carbons (Fsp3) is 0.355. The number of fused-ring (bicyclic) bond motifs is 2. The zero-order valence-corrected chi connectivity index (χ0v) is 22.6. The van der Waals surface area contributed by atoms with Gasteiger partial charge in [-0.1, -0.05) is 6.07 Å². The van der Waals surface area contributed by atoms with Crippen LogP contribution >= 0.6 is 11.3 Å². The molecule has 0 radical (unpaired) electrons. The van der Waals surface area contributed by atoms with Crippen LogP contribution in [0.4, 0.5) is 18.9 Å². The minimum absolute atomic E-state index is 0.283. The number of benzene rings is 3. The number of anilines is 1. The van der Waals surface area contributed by atoms with E-state index in [9.17, 15) is 14.3 Å². The molecule has 0 spiro atoms. The quantitative estimate of drug-likeness (QED) is 0.169. The predicted molar refractivity (Wildman–Crippen MR) is 150 cm³/mol. The summed E-state index contributed by atoms with van der Waals surface area (Å²) in [5.74, 6) is -5.77. The first-order chi connectivity index (χ1) is 18.8. The molecule has 0 amide bonds. The Morgan fingerprint density at radius 1 is 0.872 bits per heavy atom. The minimum Gasteiger partial charge on any atom is -0.478 e. The maximum Gasteiger partial charge on any atom is 0.339 e. The number of nitrogens with zero attached hydrogens (tertiary/aromatic N) is 2. The number of piperidine rings is 2. The van der Waals surface area contributed by atoms with Gasteiger partial charge in [0.1, 0.15) is 24.5 Å². The lowest BCUT2D eigenvalue weighted by Crippen LogP contribution is -2.34. The van der Waals surface area contributed by atoms with Crippen molar-refractivity contribution in [2.45, 2.75) is 45.4 Å². The van der Waals surface area contributed by atoms with Crippen LogP contribution in [-0.2, 0) is 0 Å². The van der Waals surface area contributed by atoms with Gasteiger partial charge in [0.25, 0.3) is 0 Å². The van der Waals surface area contributed by atoms with Crippen molar-refractivity contribution in [2.75, 3.05) is 31.1 Å². The highest BCUT2D eigenvalue weighted by Crippen LogP contribution is 2.47. The third-order valence-corrected chi connectivity index (χ3v) is 9.25. The molecule has 3 heterocycles. The highest BCUT2D eigenvalue weighted by atomic mass is 32.1. The molecule has 0 aromatic heterocycles. The predicted octanol–water partition coefficient (Wildman–Crippen LogP) is 7.04. The van der Waals surface area contributed by atoms with Crippen LogP contribution in [0.2, 0.25) is 0 Å². The number of carboxylic acids is 1. The van der Waals surface area contributed by atoms with Crippen molar-refractivity contribution in [1.29, 1.82) is 0 Å². The zero-order chi connectivity index (χ0) is 27.3. The number of aromatic carboxylic acids is 1. The van der Waals surface area contributed by atoms with Crippen LogP contribution in [0.1, 0.15) is 54.4 Å². The Morgan fingerprint density at radius 2 is 1.59 bits per heavy atom. The Morgan fingerprint density at radius 3 is 2.31 bits per heavy atom. The fourth-order valence-corrected chi connectivity index (χ4v) is 7.20. The van der Waals surface area contributed by atoms with Crippen LogP contribution in [0.3, 0.4) is 0 Å². The second kappa shape index (κ2) is 10.3. The van der Waals surface area contributed by atoms with Crippen LogP contribution < -0.4 is 14.8 Å². The van der Waals surface area contributed by atoms with Crippen LogP contribution in [0.25, 0.3) is 31.7 Å². The summed E-state index contributed by atoms with van der Waals surface area (Å²) >= 11 is 1.56. The molecule has 8 heteroatoms. The van der Waals surface area contributed by atoms with Gasteiger partial charge < -0.3 is 10.0 Å². The smallest absolute Gasteiger partial charge is 0.339 e. The molecule has 0 saturated carbocycles. The van der Waals surface area contributed by atoms with Crippen molar-refractivity contribution in [3.63, 3.8) is 0 Å². The van der Waals surface area contributed by atoms with Gasteiger partial charge in [-0.15, -0.1) is 11.3 Å². The van der Waals surface area contributed by atoms with Crippen molar-refractivity contribution in [1.82, 2.24) is 4.58 Å². The molecular formula is C31H30F3N2O2S+. The molecule has 1 N–H and O–H groups in total. The number of rotatable bonds is 3. The summed E-state index contributed by atoms with van der Waals surface area (Å²) in [6, 6.07) is 11.8. The lowest BCUT2D eigenvalue weighted by molar-refractivity contribution is 0.0691. The van der Waals surface area contributed by atoms with Gasteiger partial charge in [-0.3, -0.25) is 0 Å². The molecule has 3 aliphatic heterocycles. The lowest BCUT2D eigenvalue weighted by atomic mass is 9.89. The van der Waals surface area contributed by atoms with E-state index in [2.05, 4.69) is 21.6 Å². The van der Waals surface area contributed by atoms with E-state index >= 15 is 8.78 Å². The van der Waals surface area contributed by atoms with E-state index in [1.54, 1.807) is 11.3 Å². The summed E-state index contributed by atoms with van der Waals surface area (Å²) < 4.78 is 48.7. The number of carboxylic acid groups (broad SMARTS) is 1. The maximum atomic E-state index is 15.9. The molecule has 2 fully saturated rings. The van der Waals surface area contributed by atoms with Crippen LogP contribution in [0.15, 0.2) is 36.4 Å². The first-order valence-corrected chi connectivity index (χ1v) is 14.4. The van der Waals surface area contributed by atoms with Crippen LogP contribution in [-0.4, -0.2) is 37.3 Å². The summed E-state index contributed by atoms with van der Waals surface area (Å²) in [6.07, 6.45) is 6.87. The first kappa shape index (κ1) is 25.9. The van der Waals surface area contributed by atoms with Gasteiger partial charge in [0.2, 0.25) is 5.36 Å². The van der Waals surface area contributed by atoms with E-state index in [0.29, 0.717) is 10.9 Å². The summed E-state index contributed by atoms with van der Waals surface area (Å²) in [6.45, 7) is 4.96. The lowest BCUT2D eigenvalue weighted by Gasteiger charge is -2.29. The largest absolute Gasteiger partial charge is 0.478 e. The van der Waals surface area contributed by atoms with E-state index < -0.39 is 40.1 Å². The highest BCUT2D eigenvalue weighted by Gasteiger charge is 2.31. The summed E-state index contributed by atoms with van der Waals surface area (Å²) in [5.41, 5.74) is 0.0390. The molecule has 0 bridgehead atoms. The van der Waals surface area contributed by atoms with Crippen molar-refractivity contribution < 1.29 is 23.1 Å². The normalized spacial score (nSPS) is 16.3. The molecule has 6 rings (SSSR count). The van der Waals surface area contributed by atoms with E-state index in [4.69, 9.17) is 0 Å². The molecule has 2 aromatic carbocycles. The Hall–Kier alpha value is -3.39. The molecule has 0 atom stereocenters. The third kappa shape index (κ3) is 4.48. The van der Waals surface area contributed by atoms with E-state index in [1.165, 1.54) is 12.8 Å². The van der Waals surface area contributed by atoms with E-state index in [0.717, 1.165) is 79.4 Å². The topological polar surface area (TPSA) is 43.5 Å². The van der Waals surface area contributed by atoms with Crippen LogP contribution in [0, 0.1) is 24.4 Å². The SMILES string of the molecule is Cc1c(F)c(F)c(C(=O)O)c(-c2c3ccc(=[N+]4CCCCC4)cc-3sc3cc(N4CCCCC4)ccc23)c1F. The molecule has 4 nitrogen and oxygen atoms in total. The van der Waals surface area contributed by atoms with Gasteiger partial charge in [0, 0.05) is 81.0 Å². The van der Waals surface area contributed by atoms with Crippen molar-refractivity contribution in [3.05, 3.63) is 70.3 Å². The standard InChI is InChI=1S/C31H29F3N2O2S/c1-18-28(32)26(27(31(37)38)30(34)29(18)33)25-21-10-8-19(35-12-4-2-5-13-35)16-23(21)39-24-17-20(9-11-22(24)25)36-14-6-3-7-15-36/h8-11,16-17H,2-7,12-15H2,1H3/p+1. The Bertz CT molecular complexity index is 1650. The minimum atomic E-state index is -1.70. The zero-order valence-electron chi connectivity index (χ0n) is 21.8. The molecule has 4 aliphatic rings. The Balaban J connectivity index is 1.70. The third-order valence-electron chi connectivity index (χ3n) is 8.14. The van der Waals surface area contributed by atoms with Gasteiger partial charge >= 0.3 is 5.97 Å². The summed E-state index contributed by atoms with van der Waals surface area (Å²) in [7, 11) is 0. The van der Waals surface area contributed by atoms with Gasteiger partial charge in [-0.05, 0) is 50.8 Å². The van der Waals surface area contributed by atoms with E-state index in [-0.39, 0.29) is 5.56 Å². The molecular weight excluding hydrogens is 521 g/mol. The van der Waals surface area contributed by atoms with Crippen LogP contribution in [0.5, 0.6) is 0 Å².